The quantitative estimate of drug-likeness (QED) is 0.771. The summed E-state index contributed by atoms with van der Waals surface area (Å²) < 4.78 is 1.91. The minimum absolute atomic E-state index is 0.118. The molecule has 0 aliphatic heterocycles. The fraction of sp³-hybridized carbons (Fsp3) is 0.545. The lowest BCUT2D eigenvalue weighted by Crippen LogP contribution is -2.33. The molecule has 0 aliphatic carbocycles. The van der Waals surface area contributed by atoms with Gasteiger partial charge in [0.05, 0.1) is 8.66 Å². The van der Waals surface area contributed by atoms with Crippen LogP contribution in [0.2, 0.25) is 0 Å². The second-order valence-corrected chi connectivity index (χ2v) is 7.19. The van der Waals surface area contributed by atoms with E-state index in [1.165, 1.54) is 11.3 Å². The van der Waals surface area contributed by atoms with Crippen molar-refractivity contribution in [1.29, 1.82) is 0 Å². The van der Waals surface area contributed by atoms with Crippen LogP contribution in [0.4, 0.5) is 0 Å². The Balaban J connectivity index is 2.82. The Hall–Kier alpha value is 0.130. The van der Waals surface area contributed by atoms with Crippen LogP contribution in [-0.2, 0) is 0 Å². The number of hydrogen-bond acceptors (Lipinski definition) is 2. The van der Waals surface area contributed by atoms with Gasteiger partial charge in [0, 0.05) is 17.6 Å². The minimum atomic E-state index is 0.118. The lowest BCUT2D eigenvalue weighted by molar-refractivity contribution is 0.0750. The molecule has 0 saturated heterocycles. The van der Waals surface area contributed by atoms with Gasteiger partial charge in [-0.1, -0.05) is 13.8 Å². The predicted octanol–water partition coefficient (Wildman–Crippen LogP) is 4.39. The molecule has 0 N–H and O–H groups in total. The third kappa shape index (κ3) is 3.57. The molecule has 1 rings (SSSR count). The van der Waals surface area contributed by atoms with E-state index < -0.39 is 0 Å². The molecule has 16 heavy (non-hydrogen) atoms. The number of carbonyl (C=O) groups is 1. The van der Waals surface area contributed by atoms with E-state index in [-0.39, 0.29) is 5.91 Å². The first-order valence-corrected chi connectivity index (χ1v) is 7.60. The van der Waals surface area contributed by atoms with Crippen molar-refractivity contribution in [2.24, 2.45) is 5.92 Å². The van der Waals surface area contributed by atoms with E-state index in [4.69, 9.17) is 0 Å². The predicted molar refractivity (Wildman–Crippen MR) is 76.1 cm³/mol. The molecule has 0 aliphatic rings. The number of nitrogens with zero attached hydrogens (tertiary/aromatic N) is 1. The molecular formula is C11H15Br2NOS. The molecule has 1 aromatic rings. The average Bonchev–Trinajstić information content (AvgIpc) is 2.54. The summed E-state index contributed by atoms with van der Waals surface area (Å²) in [6.45, 7) is 7.82. The van der Waals surface area contributed by atoms with Gasteiger partial charge in [-0.15, -0.1) is 11.3 Å². The van der Waals surface area contributed by atoms with Gasteiger partial charge in [-0.05, 0) is 50.8 Å². The van der Waals surface area contributed by atoms with Crippen molar-refractivity contribution in [3.63, 3.8) is 0 Å². The van der Waals surface area contributed by atoms with Gasteiger partial charge in [0.1, 0.15) is 0 Å². The Morgan fingerprint density at radius 3 is 2.50 bits per heavy atom. The molecule has 0 saturated carbocycles. The molecule has 0 unspecified atom stereocenters. The molecule has 0 spiro atoms. The van der Waals surface area contributed by atoms with Crippen LogP contribution in [0, 0.1) is 5.92 Å². The Morgan fingerprint density at radius 1 is 1.50 bits per heavy atom. The van der Waals surface area contributed by atoms with Crippen LogP contribution in [0.15, 0.2) is 14.3 Å². The summed E-state index contributed by atoms with van der Waals surface area (Å²) in [7, 11) is 0. The zero-order valence-corrected chi connectivity index (χ0v) is 13.6. The molecule has 0 aromatic carbocycles. The molecule has 2 nitrogen and oxygen atoms in total. The molecule has 0 fully saturated rings. The molecule has 1 heterocycles. The number of carbonyl (C=O) groups excluding carboxylic acids is 1. The van der Waals surface area contributed by atoms with Gasteiger partial charge in [-0.2, -0.15) is 0 Å². The topological polar surface area (TPSA) is 20.3 Å². The highest BCUT2D eigenvalue weighted by Crippen LogP contribution is 2.33. The van der Waals surface area contributed by atoms with Crippen LogP contribution >= 0.6 is 43.2 Å². The van der Waals surface area contributed by atoms with Crippen LogP contribution in [0.3, 0.4) is 0 Å². The fourth-order valence-electron chi connectivity index (χ4n) is 1.40. The zero-order chi connectivity index (χ0) is 12.3. The van der Waals surface area contributed by atoms with Crippen LogP contribution < -0.4 is 0 Å². The highest BCUT2D eigenvalue weighted by molar-refractivity contribution is 9.13. The third-order valence-electron chi connectivity index (χ3n) is 2.11. The van der Waals surface area contributed by atoms with Gasteiger partial charge in [-0.25, -0.2) is 0 Å². The van der Waals surface area contributed by atoms with Crippen LogP contribution in [0.1, 0.15) is 30.4 Å². The van der Waals surface area contributed by atoms with E-state index in [9.17, 15) is 4.79 Å². The lowest BCUT2D eigenvalue weighted by Gasteiger charge is -2.22. The maximum absolute atomic E-state index is 12.2. The smallest absolute Gasteiger partial charge is 0.263 e. The van der Waals surface area contributed by atoms with Crippen molar-refractivity contribution in [3.05, 3.63) is 19.2 Å². The number of halogens is 2. The molecular weight excluding hydrogens is 354 g/mol. The Kier molecular flexibility index (Phi) is 5.47. The maximum atomic E-state index is 12.2. The summed E-state index contributed by atoms with van der Waals surface area (Å²) >= 11 is 8.28. The van der Waals surface area contributed by atoms with Gasteiger partial charge in [-0.3, -0.25) is 4.79 Å². The monoisotopic (exact) mass is 367 g/mol. The average molecular weight is 369 g/mol. The van der Waals surface area contributed by atoms with E-state index in [2.05, 4.69) is 45.7 Å². The summed E-state index contributed by atoms with van der Waals surface area (Å²) in [6, 6.07) is 1.88. The Morgan fingerprint density at radius 2 is 2.12 bits per heavy atom. The molecule has 0 bridgehead atoms. The largest absolute Gasteiger partial charge is 0.338 e. The van der Waals surface area contributed by atoms with Crippen LogP contribution in [0.25, 0.3) is 0 Å². The van der Waals surface area contributed by atoms with Crippen molar-refractivity contribution >= 4 is 49.1 Å². The van der Waals surface area contributed by atoms with Crippen LogP contribution in [-0.4, -0.2) is 23.9 Å². The minimum Gasteiger partial charge on any atom is -0.338 e. The fourth-order valence-corrected chi connectivity index (χ4v) is 3.41. The van der Waals surface area contributed by atoms with Crippen molar-refractivity contribution in [3.8, 4) is 0 Å². The summed E-state index contributed by atoms with van der Waals surface area (Å²) in [4.78, 5) is 14.8. The SMILES string of the molecule is CCN(CC(C)C)C(=O)c1cc(Br)c(Br)s1. The summed E-state index contributed by atoms with van der Waals surface area (Å²) in [5.41, 5.74) is 0. The first-order chi connectivity index (χ1) is 7.45. The van der Waals surface area contributed by atoms with E-state index in [0.29, 0.717) is 5.92 Å². The highest BCUT2D eigenvalue weighted by Gasteiger charge is 2.18. The van der Waals surface area contributed by atoms with Gasteiger partial charge in [0.2, 0.25) is 0 Å². The summed E-state index contributed by atoms with van der Waals surface area (Å²) in [5.74, 6) is 0.614. The molecule has 90 valence electrons. The second-order valence-electron chi connectivity index (χ2n) is 3.97. The van der Waals surface area contributed by atoms with E-state index in [0.717, 1.165) is 26.2 Å². The second kappa shape index (κ2) is 6.17. The van der Waals surface area contributed by atoms with Gasteiger partial charge >= 0.3 is 0 Å². The third-order valence-corrected chi connectivity index (χ3v) is 5.35. The lowest BCUT2D eigenvalue weighted by atomic mass is 10.2. The van der Waals surface area contributed by atoms with E-state index in [1.54, 1.807) is 0 Å². The first-order valence-electron chi connectivity index (χ1n) is 5.19. The van der Waals surface area contributed by atoms with Crippen LogP contribution in [0.5, 0.6) is 0 Å². The van der Waals surface area contributed by atoms with Gasteiger partial charge in [0.25, 0.3) is 5.91 Å². The standard InChI is InChI=1S/C11H15Br2NOS/c1-4-14(6-7(2)3)11(15)9-5-8(12)10(13)16-9/h5,7H,4,6H2,1-3H3. The van der Waals surface area contributed by atoms with Gasteiger partial charge < -0.3 is 4.90 Å². The number of rotatable bonds is 4. The normalized spacial score (nSPS) is 10.9. The van der Waals surface area contributed by atoms with Crippen molar-refractivity contribution in [2.45, 2.75) is 20.8 Å². The summed E-state index contributed by atoms with van der Waals surface area (Å²) in [6.07, 6.45) is 0. The number of hydrogen-bond donors (Lipinski definition) is 0. The number of thiophene rings is 1. The Bertz CT molecular complexity index is 357. The van der Waals surface area contributed by atoms with E-state index >= 15 is 0 Å². The summed E-state index contributed by atoms with van der Waals surface area (Å²) in [5, 5.41) is 0. The molecule has 5 heteroatoms. The van der Waals surface area contributed by atoms with E-state index in [1.807, 2.05) is 17.9 Å². The van der Waals surface area contributed by atoms with Crippen molar-refractivity contribution < 1.29 is 4.79 Å². The van der Waals surface area contributed by atoms with Crippen molar-refractivity contribution in [2.75, 3.05) is 13.1 Å². The van der Waals surface area contributed by atoms with Gasteiger partial charge in [0.15, 0.2) is 0 Å². The Labute approximate surface area is 117 Å². The molecule has 0 atom stereocenters. The first kappa shape index (κ1) is 14.2. The highest BCUT2D eigenvalue weighted by atomic mass is 79.9. The van der Waals surface area contributed by atoms with Crippen molar-refractivity contribution in [1.82, 2.24) is 4.90 Å². The maximum Gasteiger partial charge on any atom is 0.263 e. The molecule has 1 aromatic heterocycles. The number of amides is 1. The molecule has 1 amide bonds. The zero-order valence-electron chi connectivity index (χ0n) is 9.59. The molecule has 0 radical (unpaired) electrons.